The number of hydrazine groups is 1. The first-order valence-electron chi connectivity index (χ1n) is 26.9. The van der Waals surface area contributed by atoms with Gasteiger partial charge in [0, 0.05) is 92.9 Å². The van der Waals surface area contributed by atoms with Gasteiger partial charge < -0.3 is 39.4 Å². The van der Waals surface area contributed by atoms with Gasteiger partial charge in [0.25, 0.3) is 5.91 Å². The standard InChI is InChI=1S/C54H77F3N10O5/c1-35(2)46-41(26-38(29-59-46)63-21-19-62(5)20-22-63)48-42-28-52(3,4)34-72-51(70)43-11-8-17-67(61-43)50(69)44(60-49(68)47(36-9-6-7-10-36)65-18-15-53(32-65)14-16-58-31-53)27-39-30-64(23-24-71-39)37-12-13-45(40(42)25-37)66(48)33-54(55,56)57/h12-13,25-26,29,35-36,39,43-44,47,58,61H,6-11,14-24,27-28,30-34H2,1-5H3,(H,60,68)/t39-,43-,44-,47-,53-/m0/s1. The van der Waals surface area contributed by atoms with E-state index in [0.717, 1.165) is 108 Å². The van der Waals surface area contributed by atoms with E-state index < -0.39 is 42.3 Å². The lowest BCUT2D eigenvalue weighted by atomic mass is 9.84. The van der Waals surface area contributed by atoms with E-state index in [9.17, 15) is 14.4 Å². The average molecular weight is 1000 g/mol. The second kappa shape index (κ2) is 20.7. The summed E-state index contributed by atoms with van der Waals surface area (Å²) in [7, 11) is 2.09. The van der Waals surface area contributed by atoms with Crippen molar-refractivity contribution in [2.24, 2.45) is 16.7 Å². The lowest BCUT2D eigenvalue weighted by Gasteiger charge is -2.39. The molecule has 1 spiro atoms. The number of amides is 2. The number of halogens is 3. The van der Waals surface area contributed by atoms with Gasteiger partial charge in [0.15, 0.2) is 0 Å². The second-order valence-electron chi connectivity index (χ2n) is 23.4. The fraction of sp³-hybridized carbons (Fsp3) is 0.704. The quantitative estimate of drug-likeness (QED) is 0.226. The number of hydrogen-bond acceptors (Lipinski definition) is 12. The maximum Gasteiger partial charge on any atom is 0.406 e. The van der Waals surface area contributed by atoms with Crippen LogP contribution in [-0.2, 0) is 36.8 Å². The summed E-state index contributed by atoms with van der Waals surface area (Å²) in [4.78, 5) is 58.1. The van der Waals surface area contributed by atoms with Crippen LogP contribution < -0.4 is 25.9 Å². The highest BCUT2D eigenvalue weighted by atomic mass is 19.4. The monoisotopic (exact) mass is 1000 g/mol. The van der Waals surface area contributed by atoms with Crippen LogP contribution in [0.15, 0.2) is 30.5 Å². The van der Waals surface area contributed by atoms with Gasteiger partial charge in [-0.3, -0.25) is 29.3 Å². The molecule has 0 unspecified atom stereocenters. The third kappa shape index (κ3) is 10.9. The number of carbonyl (C=O) groups excluding carboxylic acids is 3. The number of carbonyl (C=O) groups is 3. The number of pyridine rings is 1. The Morgan fingerprint density at radius 1 is 0.958 bits per heavy atom. The van der Waals surface area contributed by atoms with Crippen LogP contribution in [0.4, 0.5) is 24.5 Å². The van der Waals surface area contributed by atoms with E-state index in [1.807, 2.05) is 58.2 Å². The number of alkyl halides is 3. The molecule has 6 fully saturated rings. The topological polar surface area (TPSA) is 140 Å². The number of cyclic esters (lactones) is 1. The number of nitrogens with zero attached hydrogens (tertiary/aromatic N) is 7. The van der Waals surface area contributed by atoms with Crippen molar-refractivity contribution in [2.75, 3.05) is 102 Å². The van der Waals surface area contributed by atoms with Gasteiger partial charge in [-0.05, 0) is 112 Å². The Morgan fingerprint density at radius 2 is 1.75 bits per heavy atom. The number of aromatic nitrogens is 2. The number of anilines is 2. The molecule has 72 heavy (non-hydrogen) atoms. The van der Waals surface area contributed by atoms with Crippen molar-refractivity contribution in [1.29, 1.82) is 0 Å². The van der Waals surface area contributed by atoms with Crippen molar-refractivity contribution in [3.63, 3.8) is 0 Å². The van der Waals surface area contributed by atoms with Crippen molar-refractivity contribution in [3.05, 3.63) is 41.7 Å². The zero-order valence-corrected chi connectivity index (χ0v) is 43.1. The highest BCUT2D eigenvalue weighted by molar-refractivity contribution is 5.95. The van der Waals surface area contributed by atoms with E-state index in [2.05, 4.69) is 42.7 Å². The number of benzene rings is 1. The van der Waals surface area contributed by atoms with Crippen LogP contribution in [0.5, 0.6) is 0 Å². The van der Waals surface area contributed by atoms with E-state index in [0.29, 0.717) is 73.4 Å². The van der Waals surface area contributed by atoms with Gasteiger partial charge in [0.05, 0.1) is 48.6 Å². The highest BCUT2D eigenvalue weighted by Gasteiger charge is 2.47. The SMILES string of the molecule is CC(C)c1ncc(N2CCN(C)CC2)cc1-c1c2c3cc(ccc3n1CC(F)(F)F)N1CCO[C@@H](C[C@H](NC(=O)[C@H](C3CCCC3)N3CC[C@]4(CCNC4)C3)C(=O)N3CCC[C@H](N3)C(=O)OCC(C)(C)C2)C1. The molecular weight excluding hydrogens is 926 g/mol. The van der Waals surface area contributed by atoms with Crippen LogP contribution >= 0.6 is 0 Å². The molecule has 7 aliphatic rings. The molecule has 5 saturated heterocycles. The average Bonchev–Trinajstić information content (AvgIpc) is 4.19. The molecule has 3 aromatic rings. The van der Waals surface area contributed by atoms with Crippen LogP contribution in [-0.4, -0.2) is 165 Å². The van der Waals surface area contributed by atoms with Crippen LogP contribution in [0.25, 0.3) is 22.2 Å². The van der Waals surface area contributed by atoms with Crippen LogP contribution in [0, 0.1) is 16.7 Å². The van der Waals surface area contributed by atoms with Crippen molar-refractivity contribution in [1.82, 2.24) is 40.4 Å². The predicted octanol–water partition coefficient (Wildman–Crippen LogP) is 6.09. The van der Waals surface area contributed by atoms with E-state index in [4.69, 9.17) is 14.5 Å². The summed E-state index contributed by atoms with van der Waals surface area (Å²) in [5, 5.41) is 9.05. The number of nitrogens with one attached hydrogen (secondary N) is 3. The molecular formula is C54H77F3N10O5. The Balaban J connectivity index is 1.04. The summed E-state index contributed by atoms with van der Waals surface area (Å²) >= 11 is 0. The number of hydrogen-bond donors (Lipinski definition) is 3. The van der Waals surface area contributed by atoms with E-state index in [-0.39, 0.29) is 48.1 Å². The maximum absolute atomic E-state index is 15.1. The lowest BCUT2D eigenvalue weighted by Crippen LogP contribution is -2.62. The van der Waals surface area contributed by atoms with Gasteiger partial charge in [-0.1, -0.05) is 40.5 Å². The Labute approximate surface area is 422 Å². The number of ether oxygens (including phenoxy) is 2. The highest BCUT2D eigenvalue weighted by Crippen LogP contribution is 2.45. The molecule has 394 valence electrons. The summed E-state index contributed by atoms with van der Waals surface area (Å²) in [6.07, 6.45) is 4.57. The Bertz CT molecular complexity index is 2460. The predicted molar refractivity (Wildman–Crippen MR) is 272 cm³/mol. The zero-order valence-electron chi connectivity index (χ0n) is 43.1. The maximum atomic E-state index is 15.1. The minimum atomic E-state index is -4.54. The molecule has 5 atom stereocenters. The van der Waals surface area contributed by atoms with Gasteiger partial charge >= 0.3 is 12.1 Å². The minimum absolute atomic E-state index is 0.0140. The number of rotatable bonds is 8. The van der Waals surface area contributed by atoms with E-state index >= 15 is 13.2 Å². The summed E-state index contributed by atoms with van der Waals surface area (Å²) in [5.41, 5.74) is 7.37. The lowest BCUT2D eigenvalue weighted by molar-refractivity contribution is -0.156. The summed E-state index contributed by atoms with van der Waals surface area (Å²) in [6.45, 7) is 15.3. The summed E-state index contributed by atoms with van der Waals surface area (Å²) in [5.74, 6) is -0.855. The van der Waals surface area contributed by atoms with Crippen LogP contribution in [0.3, 0.4) is 0 Å². The third-order valence-electron chi connectivity index (χ3n) is 17.0. The fourth-order valence-corrected chi connectivity index (χ4v) is 13.1. The molecule has 0 radical (unpaired) electrons. The Hall–Kier alpha value is -4.49. The molecule has 8 heterocycles. The molecule has 6 aliphatic heterocycles. The fourth-order valence-electron chi connectivity index (χ4n) is 13.1. The van der Waals surface area contributed by atoms with Gasteiger partial charge in [-0.25, -0.2) is 5.43 Å². The third-order valence-corrected chi connectivity index (χ3v) is 17.0. The first kappa shape index (κ1) is 51.0. The molecule has 15 nitrogen and oxygen atoms in total. The van der Waals surface area contributed by atoms with Crippen LogP contribution in [0.2, 0.25) is 0 Å². The molecule has 6 bridgehead atoms. The van der Waals surface area contributed by atoms with E-state index in [1.165, 1.54) is 9.58 Å². The van der Waals surface area contributed by atoms with Crippen molar-refractivity contribution in [3.8, 4) is 11.3 Å². The van der Waals surface area contributed by atoms with Gasteiger partial charge in [-0.15, -0.1) is 0 Å². The Kier molecular flexibility index (Phi) is 14.6. The molecule has 2 aromatic heterocycles. The first-order chi connectivity index (χ1) is 34.4. The van der Waals surface area contributed by atoms with Crippen molar-refractivity contribution < 1.29 is 37.0 Å². The summed E-state index contributed by atoms with van der Waals surface area (Å²) in [6, 6.07) is 5.65. The molecule has 1 saturated carbocycles. The smallest absolute Gasteiger partial charge is 0.406 e. The van der Waals surface area contributed by atoms with Crippen LogP contribution in [0.1, 0.15) is 103 Å². The molecule has 2 amide bonds. The number of fused-ring (bicyclic) bond motifs is 6. The number of morpholine rings is 1. The largest absolute Gasteiger partial charge is 0.464 e. The van der Waals surface area contributed by atoms with E-state index in [1.54, 1.807) is 0 Å². The zero-order chi connectivity index (χ0) is 50.5. The number of piperazine rings is 1. The Morgan fingerprint density at radius 3 is 2.49 bits per heavy atom. The molecule has 1 aliphatic carbocycles. The van der Waals surface area contributed by atoms with Gasteiger partial charge in [-0.2, -0.15) is 13.2 Å². The molecule has 1 aromatic carbocycles. The molecule has 18 heteroatoms. The van der Waals surface area contributed by atoms with Gasteiger partial charge in [0.1, 0.15) is 18.6 Å². The number of likely N-dealkylation sites (N-methyl/N-ethyl adjacent to an activating group) is 1. The first-order valence-corrected chi connectivity index (χ1v) is 26.9. The van der Waals surface area contributed by atoms with Crippen molar-refractivity contribution in [2.45, 2.75) is 135 Å². The summed E-state index contributed by atoms with van der Waals surface area (Å²) < 4.78 is 59.2. The van der Waals surface area contributed by atoms with Gasteiger partial charge in [0.2, 0.25) is 5.91 Å². The molecule has 3 N–H and O–H groups in total. The minimum Gasteiger partial charge on any atom is -0.464 e. The van der Waals surface area contributed by atoms with Crippen molar-refractivity contribution >= 4 is 40.1 Å². The number of likely N-dealkylation sites (tertiary alicyclic amines) is 1. The normalized spacial score (nSPS) is 27.8. The molecule has 10 rings (SSSR count). The number of esters is 1. The second-order valence-corrected chi connectivity index (χ2v) is 23.4.